The van der Waals surface area contributed by atoms with Gasteiger partial charge in [0.15, 0.2) is 0 Å². The van der Waals surface area contributed by atoms with Gasteiger partial charge in [-0.2, -0.15) is 4.98 Å². The van der Waals surface area contributed by atoms with Gasteiger partial charge in [-0.05, 0) is 44.5 Å². The highest BCUT2D eigenvalue weighted by atomic mass is 35.5. The molecule has 0 amide bonds. The summed E-state index contributed by atoms with van der Waals surface area (Å²) in [6.45, 7) is 12.1. The third kappa shape index (κ3) is 3.98. The number of hydrogen-bond acceptors (Lipinski definition) is 5. The van der Waals surface area contributed by atoms with Crippen LogP contribution in [0.2, 0.25) is 5.02 Å². The molecule has 0 saturated carbocycles. The van der Waals surface area contributed by atoms with Gasteiger partial charge >= 0.3 is 0 Å². The fourth-order valence-corrected chi connectivity index (χ4v) is 3.44. The molecule has 2 aromatic rings. The predicted octanol–water partition coefficient (Wildman–Crippen LogP) is 3.61. The van der Waals surface area contributed by atoms with Crippen molar-refractivity contribution in [3.63, 3.8) is 0 Å². The van der Waals surface area contributed by atoms with Crippen molar-refractivity contribution < 1.29 is 0 Å². The number of benzene rings is 1. The molecule has 1 fully saturated rings. The van der Waals surface area contributed by atoms with Gasteiger partial charge in [-0.3, -0.25) is 0 Å². The van der Waals surface area contributed by atoms with Crippen LogP contribution in [-0.2, 0) is 0 Å². The van der Waals surface area contributed by atoms with Gasteiger partial charge in [-0.25, -0.2) is 4.98 Å². The molecule has 1 aliphatic heterocycles. The molecule has 5 nitrogen and oxygen atoms in total. The predicted molar refractivity (Wildman–Crippen MR) is 106 cm³/mol. The van der Waals surface area contributed by atoms with Crippen LogP contribution in [0.15, 0.2) is 30.5 Å². The maximum absolute atomic E-state index is 6.18. The van der Waals surface area contributed by atoms with E-state index >= 15 is 0 Å². The lowest BCUT2D eigenvalue weighted by molar-refractivity contribution is 0.644. The lowest BCUT2D eigenvalue weighted by Crippen LogP contribution is -2.47. The molecule has 0 radical (unpaired) electrons. The second-order valence-electron chi connectivity index (χ2n) is 6.29. The van der Waals surface area contributed by atoms with Gasteiger partial charge < -0.3 is 14.7 Å². The first kappa shape index (κ1) is 17.8. The Bertz CT molecular complexity index is 709. The molecule has 1 saturated heterocycles. The zero-order chi connectivity index (χ0) is 17.8. The summed E-state index contributed by atoms with van der Waals surface area (Å²) >= 11 is 6.18. The van der Waals surface area contributed by atoms with Gasteiger partial charge in [0.25, 0.3) is 0 Å². The number of halogens is 1. The summed E-state index contributed by atoms with van der Waals surface area (Å²) < 4.78 is 0. The first-order valence-electron chi connectivity index (χ1n) is 8.96. The quantitative estimate of drug-likeness (QED) is 0.814. The minimum atomic E-state index is 0.794. The summed E-state index contributed by atoms with van der Waals surface area (Å²) in [4.78, 5) is 16.1. The van der Waals surface area contributed by atoms with Crippen LogP contribution in [0.3, 0.4) is 0 Å². The minimum Gasteiger partial charge on any atom is -0.368 e. The average Bonchev–Trinajstić information content (AvgIpc) is 2.65. The number of anilines is 3. The fraction of sp³-hybridized carbons (Fsp3) is 0.474. The minimum absolute atomic E-state index is 0.794. The number of nitrogens with zero attached hydrogens (tertiary/aromatic N) is 5. The molecule has 1 aromatic heterocycles. The molecule has 134 valence electrons. The molecule has 0 N–H and O–H groups in total. The number of hydrogen-bond donors (Lipinski definition) is 0. The van der Waals surface area contributed by atoms with Crippen LogP contribution in [0.25, 0.3) is 0 Å². The average molecular weight is 360 g/mol. The molecule has 0 spiro atoms. The van der Waals surface area contributed by atoms with Crippen LogP contribution < -0.4 is 14.7 Å². The van der Waals surface area contributed by atoms with E-state index in [0.717, 1.165) is 56.1 Å². The van der Waals surface area contributed by atoms with Gasteiger partial charge in [0.2, 0.25) is 5.95 Å². The highest BCUT2D eigenvalue weighted by Gasteiger charge is 2.20. The van der Waals surface area contributed by atoms with E-state index in [1.807, 2.05) is 18.3 Å². The van der Waals surface area contributed by atoms with Crippen LogP contribution in [0.4, 0.5) is 17.5 Å². The normalized spacial score (nSPS) is 14.7. The second-order valence-corrected chi connectivity index (χ2v) is 6.73. The molecule has 6 heteroatoms. The van der Waals surface area contributed by atoms with E-state index in [1.54, 1.807) is 0 Å². The monoisotopic (exact) mass is 359 g/mol. The summed E-state index contributed by atoms with van der Waals surface area (Å²) in [5.74, 6) is 1.83. The maximum atomic E-state index is 6.18. The maximum Gasteiger partial charge on any atom is 0.227 e. The largest absolute Gasteiger partial charge is 0.368 e. The third-order valence-electron chi connectivity index (χ3n) is 4.79. The van der Waals surface area contributed by atoms with Gasteiger partial charge in [0.1, 0.15) is 5.82 Å². The standard InChI is InChI=1S/C19H26ClN5/c1-4-23(5-2)19-21-9-8-18(22-19)25-12-10-24(11-13-25)17-14-16(20)7-6-15(17)3/h6-9,14H,4-5,10-13H2,1-3H3. The lowest BCUT2D eigenvalue weighted by atomic mass is 10.1. The van der Waals surface area contributed by atoms with Gasteiger partial charge in [-0.1, -0.05) is 17.7 Å². The third-order valence-corrected chi connectivity index (χ3v) is 5.03. The second kappa shape index (κ2) is 7.91. The molecule has 25 heavy (non-hydrogen) atoms. The molecular weight excluding hydrogens is 334 g/mol. The highest BCUT2D eigenvalue weighted by Crippen LogP contribution is 2.26. The summed E-state index contributed by atoms with van der Waals surface area (Å²) in [6.07, 6.45) is 1.86. The van der Waals surface area contributed by atoms with Crippen LogP contribution in [0.1, 0.15) is 19.4 Å². The van der Waals surface area contributed by atoms with Crippen LogP contribution >= 0.6 is 11.6 Å². The van der Waals surface area contributed by atoms with Gasteiger partial charge in [-0.15, -0.1) is 0 Å². The Kier molecular flexibility index (Phi) is 5.63. The Morgan fingerprint density at radius 1 is 1.04 bits per heavy atom. The molecule has 1 aromatic carbocycles. The van der Waals surface area contributed by atoms with Crippen molar-refractivity contribution in [3.05, 3.63) is 41.0 Å². The van der Waals surface area contributed by atoms with Crippen molar-refractivity contribution in [1.29, 1.82) is 0 Å². The zero-order valence-corrected chi connectivity index (χ0v) is 16.0. The van der Waals surface area contributed by atoms with Crippen molar-refractivity contribution in [3.8, 4) is 0 Å². The molecule has 0 aliphatic carbocycles. The van der Waals surface area contributed by atoms with Crippen LogP contribution in [0, 0.1) is 6.92 Å². The SMILES string of the molecule is CCN(CC)c1nccc(N2CCN(c3cc(Cl)ccc3C)CC2)n1. The smallest absolute Gasteiger partial charge is 0.227 e. The van der Waals surface area contributed by atoms with Gasteiger partial charge in [0, 0.05) is 56.2 Å². The van der Waals surface area contributed by atoms with E-state index in [1.165, 1.54) is 11.3 Å². The van der Waals surface area contributed by atoms with E-state index < -0.39 is 0 Å². The molecule has 0 bridgehead atoms. The first-order chi connectivity index (χ1) is 12.1. The number of aryl methyl sites for hydroxylation is 1. The van der Waals surface area contributed by atoms with Crippen molar-refractivity contribution >= 4 is 29.1 Å². The summed E-state index contributed by atoms with van der Waals surface area (Å²) in [5.41, 5.74) is 2.50. The van der Waals surface area contributed by atoms with Crippen LogP contribution in [0.5, 0.6) is 0 Å². The van der Waals surface area contributed by atoms with E-state index in [-0.39, 0.29) is 0 Å². The number of aromatic nitrogens is 2. The molecule has 1 aliphatic rings. The topological polar surface area (TPSA) is 35.5 Å². The summed E-state index contributed by atoms with van der Waals surface area (Å²) in [6, 6.07) is 8.11. The summed E-state index contributed by atoms with van der Waals surface area (Å²) in [7, 11) is 0. The van der Waals surface area contributed by atoms with Crippen molar-refractivity contribution in [2.24, 2.45) is 0 Å². The van der Waals surface area contributed by atoms with Crippen molar-refractivity contribution in [2.45, 2.75) is 20.8 Å². The van der Waals surface area contributed by atoms with E-state index in [2.05, 4.69) is 52.6 Å². The first-order valence-corrected chi connectivity index (χ1v) is 9.34. The molecule has 0 unspecified atom stereocenters. The Labute approximate surface area is 155 Å². The van der Waals surface area contributed by atoms with E-state index in [9.17, 15) is 0 Å². The molecule has 2 heterocycles. The number of piperazine rings is 1. The van der Waals surface area contributed by atoms with Gasteiger partial charge in [0.05, 0.1) is 0 Å². The number of rotatable bonds is 5. The zero-order valence-electron chi connectivity index (χ0n) is 15.2. The van der Waals surface area contributed by atoms with E-state index in [0.29, 0.717) is 0 Å². The Morgan fingerprint density at radius 3 is 2.40 bits per heavy atom. The molecule has 0 atom stereocenters. The Balaban J connectivity index is 1.70. The highest BCUT2D eigenvalue weighted by molar-refractivity contribution is 6.30. The van der Waals surface area contributed by atoms with Crippen LogP contribution in [-0.4, -0.2) is 49.2 Å². The Hall–Kier alpha value is -2.01. The molecular formula is C19H26ClN5. The molecule has 3 rings (SSSR count). The lowest BCUT2D eigenvalue weighted by Gasteiger charge is -2.37. The van der Waals surface area contributed by atoms with E-state index in [4.69, 9.17) is 16.6 Å². The van der Waals surface area contributed by atoms with Crippen molar-refractivity contribution in [1.82, 2.24) is 9.97 Å². The Morgan fingerprint density at radius 2 is 1.72 bits per heavy atom. The summed E-state index contributed by atoms with van der Waals surface area (Å²) in [5, 5.41) is 0.794. The van der Waals surface area contributed by atoms with Crippen molar-refractivity contribution in [2.75, 3.05) is 54.0 Å². The fourth-order valence-electron chi connectivity index (χ4n) is 3.27.